The van der Waals surface area contributed by atoms with Crippen LogP contribution in [0.5, 0.6) is 40.2 Å². The van der Waals surface area contributed by atoms with Crippen LogP contribution in [0.3, 0.4) is 0 Å². The lowest BCUT2D eigenvalue weighted by atomic mass is 9.85. The lowest BCUT2D eigenvalue weighted by Crippen LogP contribution is -2.14. The van der Waals surface area contributed by atoms with Gasteiger partial charge in [-0.1, -0.05) is 152 Å². The van der Waals surface area contributed by atoms with E-state index in [1.807, 2.05) is 69.3 Å². The van der Waals surface area contributed by atoms with Gasteiger partial charge in [0.05, 0.1) is 12.7 Å². The topological polar surface area (TPSA) is 180 Å². The summed E-state index contributed by atoms with van der Waals surface area (Å²) in [4.78, 5) is 33.7. The summed E-state index contributed by atoms with van der Waals surface area (Å²) in [7, 11) is 10.7. The molecular weight excluding hydrogens is 1210 g/mol. The molecule has 0 aliphatic carbocycles. The fourth-order valence-corrected chi connectivity index (χ4v) is 8.05. The zero-order valence-electron chi connectivity index (χ0n) is 59.3. The molecule has 6 aromatic carbocycles. The largest absolute Gasteiger partial charge is 0.467 e. The molecule has 0 amide bonds. The number of hydrogen-bond acceptors (Lipinski definition) is 17. The lowest BCUT2D eigenvalue weighted by molar-refractivity contribution is -0.132. The zero-order chi connectivity index (χ0) is 71.6. The number of hydrogen-bond donors (Lipinski definition) is 0. The number of aryl methyl sites for hydroxylation is 1. The van der Waals surface area contributed by atoms with Crippen molar-refractivity contribution in [2.75, 3.05) is 90.5 Å². The second kappa shape index (κ2) is 46.1. The fourth-order valence-electron chi connectivity index (χ4n) is 8.05. The highest BCUT2D eigenvalue weighted by molar-refractivity contribution is 5.97. The van der Waals surface area contributed by atoms with Crippen LogP contribution in [0.2, 0.25) is 0 Å². The van der Waals surface area contributed by atoms with Gasteiger partial charge in [-0.3, -0.25) is 9.59 Å². The quantitative estimate of drug-likeness (QED) is 0.0187. The molecule has 516 valence electrons. The van der Waals surface area contributed by atoms with E-state index < -0.39 is 11.9 Å². The van der Waals surface area contributed by atoms with Crippen LogP contribution in [-0.4, -0.2) is 108 Å². The summed E-state index contributed by atoms with van der Waals surface area (Å²) in [5, 5.41) is 0. The molecule has 0 spiro atoms. The number of allylic oxidation sites excluding steroid dienone is 3. The zero-order valence-corrected chi connectivity index (χ0v) is 59.3. The minimum Gasteiger partial charge on any atom is -0.467 e. The van der Waals surface area contributed by atoms with E-state index in [9.17, 15) is 14.4 Å². The predicted octanol–water partition coefficient (Wildman–Crippen LogP) is 17.9. The van der Waals surface area contributed by atoms with Crippen LogP contribution in [0, 0.1) is 0 Å². The predicted molar refractivity (Wildman–Crippen MR) is 383 cm³/mol. The number of ketones is 1. The monoisotopic (exact) mass is 1310 g/mol. The number of methoxy groups -OCH3 is 7. The Kier molecular flexibility index (Phi) is 40.7. The van der Waals surface area contributed by atoms with Crippen molar-refractivity contribution in [3.05, 3.63) is 210 Å². The van der Waals surface area contributed by atoms with Crippen LogP contribution >= 0.6 is 0 Å². The van der Waals surface area contributed by atoms with E-state index in [1.54, 1.807) is 82.0 Å². The molecule has 17 heteroatoms. The molecule has 0 aliphatic rings. The van der Waals surface area contributed by atoms with Crippen molar-refractivity contribution in [3.8, 4) is 40.2 Å². The number of esters is 2. The second-order valence-corrected chi connectivity index (χ2v) is 22.2. The summed E-state index contributed by atoms with van der Waals surface area (Å²) < 4.78 is 71.1. The van der Waals surface area contributed by atoms with E-state index in [1.165, 1.54) is 59.0 Å². The molecule has 0 aromatic heterocycles. The smallest absolute Gasteiger partial charge is 0.341 e. The molecule has 0 N–H and O–H groups in total. The van der Waals surface area contributed by atoms with Crippen molar-refractivity contribution in [1.82, 2.24) is 0 Å². The van der Waals surface area contributed by atoms with Gasteiger partial charge in [0.15, 0.2) is 58.0 Å². The molecule has 95 heavy (non-hydrogen) atoms. The van der Waals surface area contributed by atoms with Gasteiger partial charge in [-0.15, -0.1) is 0 Å². The summed E-state index contributed by atoms with van der Waals surface area (Å²) >= 11 is 0. The third-order valence-corrected chi connectivity index (χ3v) is 13.1. The highest BCUT2D eigenvalue weighted by atomic mass is 16.7. The number of Topliss-reactive ketones (excluding diaryl/α,β-unsaturated/α-hetero) is 1. The summed E-state index contributed by atoms with van der Waals surface area (Å²) in [6.07, 6.45) is 5.94. The van der Waals surface area contributed by atoms with Gasteiger partial charge in [0.25, 0.3) is 0 Å². The first-order valence-electron chi connectivity index (χ1n) is 30.4. The van der Waals surface area contributed by atoms with E-state index in [2.05, 4.69) is 104 Å². The first kappa shape index (κ1) is 83.9. The molecular formula is C78H102O17. The average Bonchev–Trinajstić information content (AvgIpc) is 0.919. The Morgan fingerprint density at radius 1 is 0.432 bits per heavy atom. The van der Waals surface area contributed by atoms with Gasteiger partial charge in [-0.25, -0.2) is 4.79 Å². The molecule has 0 atom stereocenters. The normalized spacial score (nSPS) is 10.2. The van der Waals surface area contributed by atoms with E-state index in [0.29, 0.717) is 46.8 Å². The van der Waals surface area contributed by atoms with Crippen molar-refractivity contribution < 1.29 is 80.7 Å². The Hall–Kier alpha value is -9.07. The standard InChI is InChI=1S/C15H22O2.C14H20O2.C13H18O2.2C12H14O4.C12H14O3/c1-11(2)12-7-8-14(17-10-16-6)13(9-12)15(3,4)5;1-10(2)12-6-7-14(16-9-15-5)13(8-12)11(3)4;1-5-11-8-12(10(2)3)6-7-13(11)15-9-14-4;1-4-9-5-6-11(16-8-14-2)10(7-9)12(13)15-3;1-4-10-5-6-11(15-8-14-3)12(7-10)16-9(2)13;1-4-10-5-6-12(15-8-14-3)11(7-10)9(2)13/h7-9H,1,10H2,2-6H3;6-8,11H,1,9H2,2-5H3;6-8H,2,5,9H2,1,3-4H3;2*4-7H,1,8H2,2-3H3;4-7H,1,8H2,2-3H3. The number of benzene rings is 6. The molecule has 0 saturated carbocycles. The van der Waals surface area contributed by atoms with E-state index >= 15 is 0 Å². The Labute approximate surface area is 565 Å². The Bertz CT molecular complexity index is 3400. The number of ether oxygens (including phenoxy) is 14. The molecule has 6 rings (SSSR count). The molecule has 17 nitrogen and oxygen atoms in total. The Morgan fingerprint density at radius 3 is 1.19 bits per heavy atom. The number of rotatable bonds is 29. The van der Waals surface area contributed by atoms with Gasteiger partial charge >= 0.3 is 11.9 Å². The van der Waals surface area contributed by atoms with Crippen LogP contribution in [-0.2, 0) is 49.8 Å². The van der Waals surface area contributed by atoms with Crippen LogP contribution in [0.25, 0.3) is 34.9 Å². The third kappa shape index (κ3) is 31.2. The summed E-state index contributed by atoms with van der Waals surface area (Å²) in [5.41, 5.74) is 13.7. The van der Waals surface area contributed by atoms with Crippen LogP contribution in [0.1, 0.15) is 153 Å². The minimum absolute atomic E-state index is 0.0362. The van der Waals surface area contributed by atoms with E-state index in [-0.39, 0.29) is 45.2 Å². The van der Waals surface area contributed by atoms with Crippen LogP contribution in [0.15, 0.2) is 149 Å². The van der Waals surface area contributed by atoms with Crippen molar-refractivity contribution >= 4 is 52.7 Å². The highest BCUT2D eigenvalue weighted by Crippen LogP contribution is 2.35. The summed E-state index contributed by atoms with van der Waals surface area (Å²) in [5.74, 6) is 3.99. The summed E-state index contributed by atoms with van der Waals surface area (Å²) in [6.45, 7) is 45.7. The average molecular weight is 1310 g/mol. The molecule has 0 aliphatic heterocycles. The van der Waals surface area contributed by atoms with Gasteiger partial charge in [0.2, 0.25) is 0 Å². The third-order valence-electron chi connectivity index (χ3n) is 13.1. The van der Waals surface area contributed by atoms with Crippen molar-refractivity contribution in [3.63, 3.8) is 0 Å². The lowest BCUT2D eigenvalue weighted by Gasteiger charge is -2.23. The maximum atomic E-state index is 11.5. The van der Waals surface area contributed by atoms with Gasteiger partial charge in [0.1, 0.15) is 34.3 Å². The first-order chi connectivity index (χ1) is 45.2. The molecule has 0 radical (unpaired) electrons. The first-order valence-corrected chi connectivity index (χ1v) is 30.4. The maximum absolute atomic E-state index is 11.5. The van der Waals surface area contributed by atoms with Gasteiger partial charge < -0.3 is 66.3 Å². The van der Waals surface area contributed by atoms with Gasteiger partial charge in [0, 0.05) is 55.1 Å². The van der Waals surface area contributed by atoms with Crippen LogP contribution < -0.4 is 33.2 Å². The van der Waals surface area contributed by atoms with Crippen molar-refractivity contribution in [2.24, 2.45) is 0 Å². The van der Waals surface area contributed by atoms with Gasteiger partial charge in [-0.05, 0) is 163 Å². The molecule has 0 fully saturated rings. The van der Waals surface area contributed by atoms with Gasteiger partial charge in [-0.2, -0.15) is 0 Å². The van der Waals surface area contributed by atoms with E-state index in [0.717, 1.165) is 73.8 Å². The van der Waals surface area contributed by atoms with Crippen LogP contribution in [0.4, 0.5) is 0 Å². The molecule has 0 saturated heterocycles. The Balaban J connectivity index is 0.000000570. The fraction of sp³-hybridized carbons (Fsp3) is 0.346. The van der Waals surface area contributed by atoms with Crippen molar-refractivity contribution in [1.29, 1.82) is 0 Å². The SMILES string of the molecule is C=C(C)c1ccc(OCOC)c(C(C)(C)C)c1.C=C(C)c1ccc(OCOC)c(C(C)C)c1.C=C(C)c1ccc(OCOC)c(CC)c1.C=Cc1ccc(OCOC)c(C(=O)OC)c1.C=Cc1ccc(OCOC)c(C(C)=O)c1.C=Cc1ccc(OCOC)c(OC(C)=O)c1. The summed E-state index contributed by atoms with van der Waals surface area (Å²) in [6, 6.07) is 34.1. The second-order valence-electron chi connectivity index (χ2n) is 22.2. The molecule has 0 bridgehead atoms. The van der Waals surface area contributed by atoms with E-state index in [4.69, 9.17) is 61.6 Å². The molecule has 0 heterocycles. The molecule has 0 unspecified atom stereocenters. The minimum atomic E-state index is -0.449. The number of carbonyl (C=O) groups excluding carboxylic acids is 3. The molecule has 6 aromatic rings. The Morgan fingerprint density at radius 2 is 0.789 bits per heavy atom. The van der Waals surface area contributed by atoms with Crippen molar-refractivity contribution in [2.45, 2.75) is 93.9 Å². The highest BCUT2D eigenvalue weighted by Gasteiger charge is 2.20. The number of carbonyl (C=O) groups is 3. The maximum Gasteiger partial charge on any atom is 0.341 e.